The summed E-state index contributed by atoms with van der Waals surface area (Å²) in [6, 6.07) is 18.7. The van der Waals surface area contributed by atoms with E-state index in [-0.39, 0.29) is 22.4 Å². The smallest absolute Gasteiger partial charge is 0.281 e. The summed E-state index contributed by atoms with van der Waals surface area (Å²) < 4.78 is 42.4. The summed E-state index contributed by atoms with van der Waals surface area (Å²) in [6.45, 7) is 15.6. The maximum Gasteiger partial charge on any atom is 0.544 e. The van der Waals surface area contributed by atoms with Gasteiger partial charge in [0.25, 0.3) is 0 Å². The molecule has 0 aromatic heterocycles. The van der Waals surface area contributed by atoms with Crippen molar-refractivity contribution in [1.82, 2.24) is 0 Å². The molecule has 3 aromatic rings. The molecule has 0 aliphatic carbocycles. The molecular weight excluding hydrogens is 660 g/mol. The number of carbonyl (C=O) groups is 3. The zero-order chi connectivity index (χ0) is 30.7. The van der Waals surface area contributed by atoms with Crippen LogP contribution in [0.2, 0.25) is 0 Å². The number of benzene rings is 3. The number of amides is 2. The molecule has 0 unspecified atom stereocenters. The number of anilines is 2. The van der Waals surface area contributed by atoms with Gasteiger partial charge in [0.2, 0.25) is 11.8 Å². The van der Waals surface area contributed by atoms with E-state index < -0.39 is 38.4 Å². The molecule has 0 saturated carbocycles. The molecule has 10 nitrogen and oxygen atoms in total. The van der Waals surface area contributed by atoms with Crippen molar-refractivity contribution in [1.29, 1.82) is 0 Å². The van der Waals surface area contributed by atoms with Crippen LogP contribution in [0.25, 0.3) is 9.69 Å². The Balaban J connectivity index is 0.000000220. The molecule has 14 heteroatoms. The van der Waals surface area contributed by atoms with Crippen molar-refractivity contribution in [2.75, 3.05) is 15.1 Å². The summed E-state index contributed by atoms with van der Waals surface area (Å²) in [6.07, 6.45) is -4.95. The van der Waals surface area contributed by atoms with Gasteiger partial charge < -0.3 is 0 Å². The van der Waals surface area contributed by atoms with Crippen LogP contribution in [0.4, 0.5) is 35.9 Å². The molecule has 2 amide bonds. The van der Waals surface area contributed by atoms with Crippen molar-refractivity contribution in [2.45, 2.75) is 20.2 Å². The number of alkyl halides is 4. The fourth-order valence-corrected chi connectivity index (χ4v) is 5.97. The van der Waals surface area contributed by atoms with Gasteiger partial charge in [0.1, 0.15) is 0 Å². The van der Waals surface area contributed by atoms with E-state index in [0.29, 0.717) is 16.4 Å². The van der Waals surface area contributed by atoms with Crippen LogP contribution in [0.3, 0.4) is 0 Å². The molecule has 214 valence electrons. The normalized spacial score (nSPS) is 12.1. The molecule has 4 rings (SSSR count). The van der Waals surface area contributed by atoms with Crippen LogP contribution in [-0.4, -0.2) is 34.3 Å². The molecular formula is C27H22F3IN4O6. The minimum Gasteiger partial charge on any atom is -0.281 e. The van der Waals surface area contributed by atoms with Gasteiger partial charge in [-0.15, -0.1) is 13.2 Å². The molecule has 1 aliphatic rings. The van der Waals surface area contributed by atoms with Crippen LogP contribution in [-0.2, 0) is 17.5 Å². The van der Waals surface area contributed by atoms with Gasteiger partial charge in [-0.2, -0.15) is 15.0 Å². The number of hydrogen-bond donors (Lipinski definition) is 1. The van der Waals surface area contributed by atoms with Crippen molar-refractivity contribution in [3.63, 3.8) is 0 Å². The average Bonchev–Trinajstić information content (AvgIpc) is 3.24. The number of carbonyl (C=O) groups excluding carboxylic acids is 3. The molecule has 1 heterocycles. The van der Waals surface area contributed by atoms with Crippen molar-refractivity contribution in [3.8, 4) is 0 Å². The number of fused-ring (bicyclic) bond motifs is 1. The van der Waals surface area contributed by atoms with Crippen molar-refractivity contribution in [2.24, 2.45) is 0 Å². The zero-order valence-corrected chi connectivity index (χ0v) is 23.9. The van der Waals surface area contributed by atoms with Gasteiger partial charge in [0.05, 0.1) is 24.5 Å². The first-order valence-corrected chi connectivity index (χ1v) is 15.3. The first kappa shape index (κ1) is 32.7. The summed E-state index contributed by atoms with van der Waals surface area (Å²) >= 11 is -1.52. The minimum absolute atomic E-state index is 0.0952. The molecule has 3 aromatic carbocycles. The van der Waals surface area contributed by atoms with E-state index in [1.165, 1.54) is 55.5 Å². The predicted molar refractivity (Wildman–Crippen MR) is 151 cm³/mol. The van der Waals surface area contributed by atoms with Crippen LogP contribution in [0.1, 0.15) is 24.2 Å². The number of hydroxylamine groups is 2. The van der Waals surface area contributed by atoms with E-state index in [4.69, 9.17) is 21.4 Å². The summed E-state index contributed by atoms with van der Waals surface area (Å²) in [5.74, 6) is -1.51. The van der Waals surface area contributed by atoms with E-state index in [1.807, 2.05) is 29.2 Å². The molecule has 0 bridgehead atoms. The summed E-state index contributed by atoms with van der Waals surface area (Å²) in [5.41, 5.74) is 1.77. The first-order chi connectivity index (χ1) is 19.3. The predicted octanol–water partition coefficient (Wildman–Crippen LogP) is 7.10. The van der Waals surface area contributed by atoms with Crippen molar-refractivity contribution >= 4 is 60.8 Å². The minimum atomic E-state index is -4.95. The fourth-order valence-electron chi connectivity index (χ4n) is 2.96. The van der Waals surface area contributed by atoms with E-state index >= 15 is 0 Å². The van der Waals surface area contributed by atoms with Crippen LogP contribution in [0, 0.1) is 16.7 Å². The summed E-state index contributed by atoms with van der Waals surface area (Å²) in [5, 5.41) is 9.82. The van der Waals surface area contributed by atoms with E-state index in [9.17, 15) is 27.6 Å². The van der Waals surface area contributed by atoms with Gasteiger partial charge in [-0.25, -0.2) is 9.69 Å². The number of hydrogen-bond acceptors (Lipinski definition) is 6. The van der Waals surface area contributed by atoms with E-state index in [2.05, 4.69) is 14.5 Å². The SMILES string of the molecule is CI1OC(=O)c2ccccc21.[C-]#[N+]c1ccc(N(O)C(C)=O)cc1.[C-]#[N+]c1ccc(N(OC(F)(F)F)C(C)=O)cc1. The number of halogens is 4. The Labute approximate surface area is 241 Å². The quantitative estimate of drug-likeness (QED) is 0.104. The second-order valence-electron chi connectivity index (χ2n) is 7.70. The molecule has 0 saturated heterocycles. The van der Waals surface area contributed by atoms with Crippen LogP contribution >= 0.6 is 20.2 Å². The third kappa shape index (κ3) is 9.87. The van der Waals surface area contributed by atoms with E-state index in [0.717, 1.165) is 16.1 Å². The van der Waals surface area contributed by atoms with Crippen LogP contribution in [0.5, 0.6) is 0 Å². The van der Waals surface area contributed by atoms with Gasteiger partial charge in [-0.1, -0.05) is 24.3 Å². The second kappa shape index (κ2) is 14.8. The Morgan fingerprint density at radius 2 is 1.37 bits per heavy atom. The van der Waals surface area contributed by atoms with E-state index in [1.54, 1.807) is 0 Å². The monoisotopic (exact) mass is 682 g/mol. The van der Waals surface area contributed by atoms with Gasteiger partial charge in [0, 0.05) is 13.8 Å². The fraction of sp³-hybridized carbons (Fsp3) is 0.148. The molecule has 1 N–H and O–H groups in total. The first-order valence-electron chi connectivity index (χ1n) is 11.2. The molecule has 0 atom stereocenters. The third-order valence-corrected chi connectivity index (χ3v) is 8.42. The maximum atomic E-state index is 12.0. The topological polar surface area (TPSA) is 105 Å². The molecule has 41 heavy (non-hydrogen) atoms. The summed E-state index contributed by atoms with van der Waals surface area (Å²) in [7, 11) is 0. The van der Waals surface area contributed by atoms with Gasteiger partial charge >= 0.3 is 78.8 Å². The zero-order valence-electron chi connectivity index (χ0n) is 21.7. The Morgan fingerprint density at radius 3 is 1.78 bits per heavy atom. The largest absolute Gasteiger partial charge is 0.544 e. The van der Waals surface area contributed by atoms with Crippen molar-refractivity contribution in [3.05, 3.63) is 105 Å². The number of rotatable bonds is 3. The molecule has 1 aliphatic heterocycles. The van der Waals surface area contributed by atoms with Crippen LogP contribution in [0.15, 0.2) is 72.8 Å². The third-order valence-electron chi connectivity index (χ3n) is 4.78. The molecule has 0 radical (unpaired) electrons. The van der Waals surface area contributed by atoms with Gasteiger partial charge in [0.15, 0.2) is 11.4 Å². The Bertz CT molecular complexity index is 1470. The average molecular weight is 682 g/mol. The van der Waals surface area contributed by atoms with Crippen LogP contribution < -0.4 is 10.1 Å². The standard InChI is InChI=1S/C10H7F3N2O2.C9H8N2O2.C8H7IO2/c1-7(16)15(17-10(11,12)13)9-5-3-8(14-2)4-6-9;1-7(12)11(13)9-5-3-8(10-2)4-6-9;1-9-7-5-3-2-4-6(7)8(10)11-9/h3-6H,1H3;3-6,13H,1H3;2-5H,1H3. The number of nitrogens with zero attached hydrogens (tertiary/aromatic N) is 4. The summed E-state index contributed by atoms with van der Waals surface area (Å²) in [4.78, 5) is 44.7. The Hall–Kier alpha value is -4.51. The Kier molecular flexibility index (Phi) is 11.8. The maximum absolute atomic E-state index is 12.0. The van der Waals surface area contributed by atoms with Crippen molar-refractivity contribution < 1.29 is 40.7 Å². The van der Waals surface area contributed by atoms with Gasteiger partial charge in [-0.3, -0.25) is 14.8 Å². The van der Waals surface area contributed by atoms with Gasteiger partial charge in [-0.05, 0) is 24.3 Å². The Morgan fingerprint density at radius 1 is 0.878 bits per heavy atom. The second-order valence-corrected chi connectivity index (χ2v) is 11.7. The molecule has 0 fully saturated rings. The molecule has 0 spiro atoms.